The molecule has 2 aliphatic rings. The molecule has 0 bridgehead atoms. The Morgan fingerprint density at radius 2 is 1.25 bits per heavy atom. The largest absolute Gasteiger partial charge is 0.435 e. The molecule has 4 amide bonds. The van der Waals surface area contributed by atoms with Crippen LogP contribution in [-0.2, 0) is 28.7 Å². The number of nitrogens with one attached hydrogen (secondary N) is 2. The fourth-order valence-corrected chi connectivity index (χ4v) is 0.830. The molecule has 8 heteroatoms. The third-order valence-corrected chi connectivity index (χ3v) is 1.51. The summed E-state index contributed by atoms with van der Waals surface area (Å²) in [6, 6.07) is 0. The van der Waals surface area contributed by atoms with E-state index in [1.54, 1.807) is 0 Å². The molecule has 0 spiro atoms. The Morgan fingerprint density at radius 3 is 1.30 bits per heavy atom. The van der Waals surface area contributed by atoms with Gasteiger partial charge in [-0.3, -0.25) is 34.6 Å². The summed E-state index contributed by atoms with van der Waals surface area (Å²) in [4.78, 5) is 49.9. The first-order chi connectivity index (χ1) is 9.35. The van der Waals surface area contributed by atoms with Crippen molar-refractivity contribution in [3.05, 3.63) is 37.1 Å². The normalized spacial score (nSPS) is 14.4. The summed E-state index contributed by atoms with van der Waals surface area (Å²) in [6.45, 7) is 4.48. The number of esters is 1. The molecule has 2 rings (SSSR count). The average Bonchev–Trinajstić information content (AvgIpc) is 2.89. The number of carbonyl (C=O) groups is 5. The van der Waals surface area contributed by atoms with Crippen molar-refractivity contribution in [1.29, 1.82) is 0 Å². The third kappa shape index (κ3) is 9.05. The van der Waals surface area contributed by atoms with Gasteiger partial charge in [0.2, 0.25) is 0 Å². The van der Waals surface area contributed by atoms with E-state index in [-0.39, 0.29) is 29.6 Å². The zero-order valence-corrected chi connectivity index (χ0v) is 10.5. The molecule has 106 valence electrons. The predicted octanol–water partition coefficient (Wildman–Crippen LogP) is -0.909. The lowest BCUT2D eigenvalue weighted by Crippen LogP contribution is -2.19. The van der Waals surface area contributed by atoms with Crippen molar-refractivity contribution in [2.75, 3.05) is 0 Å². The van der Waals surface area contributed by atoms with Gasteiger partial charge in [-0.2, -0.15) is 0 Å². The first kappa shape index (κ1) is 17.0. The minimum absolute atomic E-state index is 0.329. The van der Waals surface area contributed by atoms with E-state index in [1.807, 2.05) is 10.6 Å². The van der Waals surface area contributed by atoms with Gasteiger partial charge in [0.05, 0.1) is 6.26 Å². The van der Waals surface area contributed by atoms with Gasteiger partial charge in [0.15, 0.2) is 0 Å². The van der Waals surface area contributed by atoms with Gasteiger partial charge in [-0.25, -0.2) is 0 Å². The smallest absolute Gasteiger partial charge is 0.307 e. The van der Waals surface area contributed by atoms with E-state index in [0.717, 1.165) is 6.26 Å². The maximum atomic E-state index is 10.0. The molecule has 2 aliphatic heterocycles. The van der Waals surface area contributed by atoms with Crippen molar-refractivity contribution >= 4 is 29.6 Å². The van der Waals surface area contributed by atoms with Crippen LogP contribution in [0.2, 0.25) is 0 Å². The second kappa shape index (κ2) is 8.97. The van der Waals surface area contributed by atoms with Gasteiger partial charge in [-0.15, -0.1) is 0 Å². The summed E-state index contributed by atoms with van der Waals surface area (Å²) in [6.07, 6.45) is 5.89. The second-order valence-electron chi connectivity index (χ2n) is 3.15. The maximum absolute atomic E-state index is 10.0. The van der Waals surface area contributed by atoms with Crippen LogP contribution in [-0.4, -0.2) is 29.6 Å². The van der Waals surface area contributed by atoms with Gasteiger partial charge in [0, 0.05) is 31.2 Å². The number of rotatable bonds is 1. The molecular weight excluding hydrogens is 268 g/mol. The van der Waals surface area contributed by atoms with E-state index in [9.17, 15) is 24.0 Å². The Kier molecular flexibility index (Phi) is 7.61. The number of ether oxygens (including phenoxy) is 1. The fourth-order valence-electron chi connectivity index (χ4n) is 0.830. The van der Waals surface area contributed by atoms with Crippen LogP contribution in [0.15, 0.2) is 37.1 Å². The quantitative estimate of drug-likeness (QED) is 0.364. The fraction of sp³-hybridized carbons (Fsp3) is 0.0833. The van der Waals surface area contributed by atoms with Gasteiger partial charge in [-0.05, 0) is 0 Å². The number of amides is 4. The first-order valence-electron chi connectivity index (χ1n) is 5.19. The highest BCUT2D eigenvalue weighted by molar-refractivity contribution is 6.13. The zero-order valence-electron chi connectivity index (χ0n) is 10.5. The summed E-state index contributed by atoms with van der Waals surface area (Å²) in [7, 11) is 0. The number of imide groups is 2. The highest BCUT2D eigenvalue weighted by Crippen LogP contribution is 1.83. The summed E-state index contributed by atoms with van der Waals surface area (Å²) in [5, 5.41) is 4.06. The standard InChI is InChI=1S/2C4H3NO2.C4H6O2/c2*6-3-1-2-4(7)5-3;1-3-6-4(2)5/h2*1-2H,(H,5,6,7);3H,1H2,2H3. The Hall–Kier alpha value is -3.03. The molecule has 0 aromatic carbocycles. The Bertz CT molecular complexity index is 436. The Labute approximate surface area is 114 Å². The van der Waals surface area contributed by atoms with Crippen LogP contribution < -0.4 is 10.6 Å². The molecule has 0 aromatic heterocycles. The molecule has 0 atom stereocenters. The minimum Gasteiger partial charge on any atom is -0.435 e. The van der Waals surface area contributed by atoms with E-state index >= 15 is 0 Å². The van der Waals surface area contributed by atoms with E-state index in [4.69, 9.17) is 0 Å². The van der Waals surface area contributed by atoms with Crippen molar-refractivity contribution in [2.45, 2.75) is 6.92 Å². The predicted molar refractivity (Wildman–Crippen MR) is 66.5 cm³/mol. The molecule has 0 aliphatic carbocycles. The van der Waals surface area contributed by atoms with Crippen LogP contribution in [0.3, 0.4) is 0 Å². The monoisotopic (exact) mass is 280 g/mol. The lowest BCUT2D eigenvalue weighted by molar-refractivity contribution is -0.135. The molecule has 0 aromatic rings. The van der Waals surface area contributed by atoms with Crippen molar-refractivity contribution in [2.24, 2.45) is 0 Å². The maximum Gasteiger partial charge on any atom is 0.307 e. The van der Waals surface area contributed by atoms with E-state index in [0.29, 0.717) is 0 Å². The third-order valence-electron chi connectivity index (χ3n) is 1.51. The number of hydrogen-bond donors (Lipinski definition) is 2. The van der Waals surface area contributed by atoms with E-state index < -0.39 is 0 Å². The van der Waals surface area contributed by atoms with Crippen LogP contribution in [0, 0.1) is 0 Å². The molecule has 0 fully saturated rings. The molecule has 0 radical (unpaired) electrons. The summed E-state index contributed by atoms with van der Waals surface area (Å²) in [5.74, 6) is -1.64. The van der Waals surface area contributed by atoms with Gasteiger partial charge < -0.3 is 4.74 Å². The first-order valence-corrected chi connectivity index (χ1v) is 5.19. The van der Waals surface area contributed by atoms with Crippen molar-refractivity contribution in [3.63, 3.8) is 0 Å². The SMILES string of the molecule is C=COC(C)=O.O=C1C=CC(=O)N1.O=C1C=CC(=O)N1. The average molecular weight is 280 g/mol. The van der Waals surface area contributed by atoms with Crippen molar-refractivity contribution in [1.82, 2.24) is 10.6 Å². The minimum atomic E-state index is -0.329. The number of carbonyl (C=O) groups excluding carboxylic acids is 5. The highest BCUT2D eigenvalue weighted by Gasteiger charge is 2.07. The van der Waals surface area contributed by atoms with Crippen LogP contribution in [0.1, 0.15) is 6.92 Å². The highest BCUT2D eigenvalue weighted by atomic mass is 16.5. The number of hydrogen-bond acceptors (Lipinski definition) is 6. The van der Waals surface area contributed by atoms with E-state index in [1.165, 1.54) is 31.2 Å². The molecule has 2 N–H and O–H groups in total. The summed E-state index contributed by atoms with van der Waals surface area (Å²) in [5.41, 5.74) is 0. The topological polar surface area (TPSA) is 119 Å². The molecule has 0 unspecified atom stereocenters. The van der Waals surface area contributed by atoms with Crippen molar-refractivity contribution in [3.8, 4) is 0 Å². The van der Waals surface area contributed by atoms with E-state index in [2.05, 4.69) is 11.3 Å². The van der Waals surface area contributed by atoms with Crippen molar-refractivity contribution < 1.29 is 28.7 Å². The molecule has 2 heterocycles. The molecule has 20 heavy (non-hydrogen) atoms. The summed E-state index contributed by atoms with van der Waals surface area (Å²) < 4.78 is 4.17. The van der Waals surface area contributed by atoms with Crippen LogP contribution in [0.5, 0.6) is 0 Å². The lowest BCUT2D eigenvalue weighted by atomic mass is 10.6. The van der Waals surface area contributed by atoms with Gasteiger partial charge in [0.25, 0.3) is 23.6 Å². The molecule has 0 saturated heterocycles. The van der Waals surface area contributed by atoms with Gasteiger partial charge in [0.1, 0.15) is 0 Å². The van der Waals surface area contributed by atoms with Crippen LogP contribution in [0.4, 0.5) is 0 Å². The van der Waals surface area contributed by atoms with Crippen LogP contribution >= 0.6 is 0 Å². The zero-order chi connectivity index (χ0) is 15.5. The molecule has 0 saturated carbocycles. The van der Waals surface area contributed by atoms with Gasteiger partial charge >= 0.3 is 5.97 Å². The Balaban J connectivity index is 0.000000272. The summed E-state index contributed by atoms with van der Waals surface area (Å²) >= 11 is 0. The molecule has 8 nitrogen and oxygen atoms in total. The molecular formula is C12H12N2O6. The van der Waals surface area contributed by atoms with Crippen LogP contribution in [0.25, 0.3) is 0 Å². The Morgan fingerprint density at radius 1 is 0.950 bits per heavy atom. The second-order valence-corrected chi connectivity index (χ2v) is 3.15. The lowest BCUT2D eigenvalue weighted by Gasteiger charge is -1.83. The van der Waals surface area contributed by atoms with Gasteiger partial charge in [-0.1, -0.05) is 6.58 Å².